The van der Waals surface area contributed by atoms with Gasteiger partial charge in [0.25, 0.3) is 0 Å². The first-order valence-electron chi connectivity index (χ1n) is 12.1. The Morgan fingerprint density at radius 1 is 0.970 bits per heavy atom. The van der Waals surface area contributed by atoms with E-state index in [9.17, 15) is 0 Å². The van der Waals surface area contributed by atoms with Crippen molar-refractivity contribution in [1.29, 1.82) is 0 Å². The summed E-state index contributed by atoms with van der Waals surface area (Å²) in [6.07, 6.45) is 2.44. The number of hydrogen-bond donors (Lipinski definition) is 1. The number of benzene rings is 2. The standard InChI is InChI=1S/C28H36N4S/c1-20-21(2)33-26(29-20)30-23-11-7-9-13-25(23)32-19-28(22-10-6-8-12-24(22)32)14-16-31(17-15-28)18-27(3,4)5/h6-13H,14-19H2,1-5H3,(H,29,30). The van der Waals surface area contributed by atoms with Crippen LogP contribution in [0.15, 0.2) is 48.5 Å². The van der Waals surface area contributed by atoms with Crippen molar-refractivity contribution in [1.82, 2.24) is 9.88 Å². The van der Waals surface area contributed by atoms with Gasteiger partial charge in [0, 0.05) is 29.1 Å². The van der Waals surface area contributed by atoms with Gasteiger partial charge in [-0.3, -0.25) is 0 Å². The second-order valence-corrected chi connectivity index (χ2v) is 12.2. The third kappa shape index (κ3) is 4.41. The van der Waals surface area contributed by atoms with Gasteiger partial charge in [-0.15, -0.1) is 11.3 Å². The molecule has 4 nitrogen and oxygen atoms in total. The van der Waals surface area contributed by atoms with Gasteiger partial charge in [-0.05, 0) is 69.0 Å². The number of aryl methyl sites for hydroxylation is 2. The zero-order valence-electron chi connectivity index (χ0n) is 20.6. The number of fused-ring (bicyclic) bond motifs is 2. The Labute approximate surface area is 202 Å². The third-order valence-electron chi connectivity index (χ3n) is 7.20. The minimum absolute atomic E-state index is 0.229. The Balaban J connectivity index is 1.44. The predicted octanol–water partition coefficient (Wildman–Crippen LogP) is 7.03. The Hall–Kier alpha value is -2.37. The lowest BCUT2D eigenvalue weighted by Crippen LogP contribution is -2.46. The van der Waals surface area contributed by atoms with E-state index in [4.69, 9.17) is 4.98 Å². The van der Waals surface area contributed by atoms with Crippen molar-refractivity contribution >= 4 is 33.5 Å². The van der Waals surface area contributed by atoms with Crippen LogP contribution in [0, 0.1) is 19.3 Å². The molecule has 5 rings (SSSR count). The molecule has 5 heteroatoms. The number of thiazole rings is 1. The molecule has 0 unspecified atom stereocenters. The number of hydrogen-bond acceptors (Lipinski definition) is 5. The van der Waals surface area contributed by atoms with E-state index < -0.39 is 0 Å². The Kier molecular flexibility index (Phi) is 5.74. The van der Waals surface area contributed by atoms with Gasteiger partial charge < -0.3 is 15.1 Å². The number of aromatic nitrogens is 1. The molecule has 1 spiro atoms. The van der Waals surface area contributed by atoms with E-state index in [0.717, 1.165) is 23.1 Å². The molecule has 3 aromatic rings. The maximum atomic E-state index is 4.72. The van der Waals surface area contributed by atoms with Crippen molar-refractivity contribution in [3.8, 4) is 0 Å². The number of nitrogens with zero attached hydrogens (tertiary/aromatic N) is 3. The highest BCUT2D eigenvalue weighted by Gasteiger charge is 2.45. The molecule has 0 aliphatic carbocycles. The molecule has 2 aliphatic rings. The van der Waals surface area contributed by atoms with Gasteiger partial charge in [0.15, 0.2) is 5.13 Å². The second kappa shape index (κ2) is 8.44. The Morgan fingerprint density at radius 3 is 2.30 bits per heavy atom. The normalized spacial score (nSPS) is 18.0. The molecule has 0 saturated carbocycles. The average molecular weight is 461 g/mol. The summed E-state index contributed by atoms with van der Waals surface area (Å²) in [5.74, 6) is 0. The van der Waals surface area contributed by atoms with E-state index in [1.165, 1.54) is 54.3 Å². The van der Waals surface area contributed by atoms with E-state index in [1.807, 2.05) is 0 Å². The molecule has 33 heavy (non-hydrogen) atoms. The van der Waals surface area contributed by atoms with Crippen molar-refractivity contribution < 1.29 is 0 Å². The Bertz CT molecular complexity index is 1120. The van der Waals surface area contributed by atoms with E-state index in [2.05, 4.69) is 98.3 Å². The molecule has 1 N–H and O–H groups in total. The zero-order valence-corrected chi connectivity index (χ0v) is 21.4. The van der Waals surface area contributed by atoms with Crippen molar-refractivity contribution in [2.24, 2.45) is 5.41 Å². The third-order valence-corrected chi connectivity index (χ3v) is 8.19. The van der Waals surface area contributed by atoms with Crippen molar-refractivity contribution in [2.75, 3.05) is 36.4 Å². The number of piperidine rings is 1. The van der Waals surface area contributed by atoms with Gasteiger partial charge in [0.2, 0.25) is 0 Å². The molecular formula is C28H36N4S. The van der Waals surface area contributed by atoms with Gasteiger partial charge in [-0.25, -0.2) is 4.98 Å². The summed E-state index contributed by atoms with van der Waals surface area (Å²) in [7, 11) is 0. The number of nitrogens with one attached hydrogen (secondary N) is 1. The summed E-state index contributed by atoms with van der Waals surface area (Å²) < 4.78 is 0. The predicted molar refractivity (Wildman–Crippen MR) is 142 cm³/mol. The number of para-hydroxylation sites is 3. The van der Waals surface area contributed by atoms with Gasteiger partial charge in [-0.2, -0.15) is 0 Å². The highest BCUT2D eigenvalue weighted by Crippen LogP contribution is 2.51. The first-order valence-corrected chi connectivity index (χ1v) is 13.0. The fourth-order valence-electron chi connectivity index (χ4n) is 5.54. The molecule has 0 atom stereocenters. The lowest BCUT2D eigenvalue weighted by atomic mass is 9.74. The van der Waals surface area contributed by atoms with Crippen LogP contribution in [-0.4, -0.2) is 36.1 Å². The molecule has 1 fully saturated rings. The fourth-order valence-corrected chi connectivity index (χ4v) is 6.37. The second-order valence-electron chi connectivity index (χ2n) is 11.0. The van der Waals surface area contributed by atoms with Crippen LogP contribution in [-0.2, 0) is 5.41 Å². The highest BCUT2D eigenvalue weighted by atomic mass is 32.1. The lowest BCUT2D eigenvalue weighted by molar-refractivity contribution is 0.125. The van der Waals surface area contributed by atoms with Gasteiger partial charge in [0.1, 0.15) is 0 Å². The van der Waals surface area contributed by atoms with Crippen LogP contribution in [0.2, 0.25) is 0 Å². The summed E-state index contributed by atoms with van der Waals surface area (Å²) in [4.78, 5) is 11.2. The van der Waals surface area contributed by atoms with Gasteiger partial charge >= 0.3 is 0 Å². The quantitative estimate of drug-likeness (QED) is 0.453. The molecule has 2 aliphatic heterocycles. The Morgan fingerprint density at radius 2 is 1.64 bits per heavy atom. The van der Waals surface area contributed by atoms with E-state index in [0.29, 0.717) is 5.41 Å². The average Bonchev–Trinajstić information content (AvgIpc) is 3.26. The van der Waals surface area contributed by atoms with Crippen LogP contribution < -0.4 is 10.2 Å². The zero-order chi connectivity index (χ0) is 23.2. The largest absolute Gasteiger partial charge is 0.339 e. The molecule has 3 heterocycles. The van der Waals surface area contributed by atoms with Gasteiger partial charge in [0.05, 0.1) is 17.1 Å². The topological polar surface area (TPSA) is 31.4 Å². The summed E-state index contributed by atoms with van der Waals surface area (Å²) in [5.41, 5.74) is 6.94. The first-order chi connectivity index (χ1) is 15.7. The molecule has 0 radical (unpaired) electrons. The summed E-state index contributed by atoms with van der Waals surface area (Å²) in [5, 5.41) is 4.59. The van der Waals surface area contributed by atoms with E-state index in [-0.39, 0.29) is 5.41 Å². The fraction of sp³-hybridized carbons (Fsp3) is 0.464. The molecule has 1 aromatic heterocycles. The van der Waals surface area contributed by atoms with Gasteiger partial charge in [-0.1, -0.05) is 51.1 Å². The van der Waals surface area contributed by atoms with E-state index in [1.54, 1.807) is 11.3 Å². The number of rotatable bonds is 4. The van der Waals surface area contributed by atoms with Crippen LogP contribution >= 0.6 is 11.3 Å². The van der Waals surface area contributed by atoms with Crippen molar-refractivity contribution in [2.45, 2.75) is 52.9 Å². The van der Waals surface area contributed by atoms with Crippen LogP contribution in [0.5, 0.6) is 0 Å². The molecule has 174 valence electrons. The molecule has 0 amide bonds. The minimum Gasteiger partial charge on any atom is -0.339 e. The maximum Gasteiger partial charge on any atom is 0.187 e. The summed E-state index contributed by atoms with van der Waals surface area (Å²) >= 11 is 1.73. The lowest BCUT2D eigenvalue weighted by Gasteiger charge is -2.42. The smallest absolute Gasteiger partial charge is 0.187 e. The highest BCUT2D eigenvalue weighted by molar-refractivity contribution is 7.15. The van der Waals surface area contributed by atoms with Crippen molar-refractivity contribution in [3.63, 3.8) is 0 Å². The van der Waals surface area contributed by atoms with E-state index >= 15 is 0 Å². The van der Waals surface area contributed by atoms with Crippen LogP contribution in [0.1, 0.15) is 49.7 Å². The number of anilines is 4. The number of likely N-dealkylation sites (tertiary alicyclic amines) is 1. The molecule has 2 aromatic carbocycles. The maximum absolute atomic E-state index is 4.72. The monoisotopic (exact) mass is 460 g/mol. The molecular weight excluding hydrogens is 424 g/mol. The first kappa shape index (κ1) is 22.4. The summed E-state index contributed by atoms with van der Waals surface area (Å²) in [6, 6.07) is 17.8. The summed E-state index contributed by atoms with van der Waals surface area (Å²) in [6.45, 7) is 15.8. The van der Waals surface area contributed by atoms with Crippen LogP contribution in [0.3, 0.4) is 0 Å². The van der Waals surface area contributed by atoms with Crippen LogP contribution in [0.25, 0.3) is 0 Å². The van der Waals surface area contributed by atoms with Crippen molar-refractivity contribution in [3.05, 3.63) is 64.7 Å². The molecule has 1 saturated heterocycles. The van der Waals surface area contributed by atoms with Crippen LogP contribution in [0.4, 0.5) is 22.2 Å². The molecule has 0 bridgehead atoms. The SMILES string of the molecule is Cc1nc(Nc2ccccc2N2CC3(CCN(CC(C)(C)C)CC3)c3ccccc32)sc1C. The minimum atomic E-state index is 0.229.